The minimum atomic E-state index is -3.82. The number of benzene rings is 3. The Kier molecular flexibility index (Phi) is 8.57. The second kappa shape index (κ2) is 11.9. The van der Waals surface area contributed by atoms with Crippen molar-refractivity contribution in [2.75, 3.05) is 36.2 Å². The summed E-state index contributed by atoms with van der Waals surface area (Å²) in [6.07, 6.45) is 1.50. The number of sulfonamides is 1. The smallest absolute Gasteiger partial charge is 0.264 e. The van der Waals surface area contributed by atoms with E-state index < -0.39 is 10.0 Å². The Morgan fingerprint density at radius 1 is 0.949 bits per heavy atom. The van der Waals surface area contributed by atoms with Crippen LogP contribution in [-0.4, -0.2) is 54.9 Å². The number of fused-ring (bicyclic) bond motifs is 1. The highest BCUT2D eigenvalue weighted by atomic mass is 32.2. The molecule has 1 aromatic heterocycles. The molecule has 3 aromatic carbocycles. The predicted octanol–water partition coefficient (Wildman–Crippen LogP) is 3.76. The van der Waals surface area contributed by atoms with Gasteiger partial charge in [0.25, 0.3) is 10.0 Å². The summed E-state index contributed by atoms with van der Waals surface area (Å²) in [7, 11) is -1.84. The molecule has 0 atom stereocenters. The number of hydrogen-bond donors (Lipinski definition) is 3. The second-order valence-electron chi connectivity index (χ2n) is 9.54. The number of nitrogens with two attached hydrogens (primary N) is 2. The van der Waals surface area contributed by atoms with Crippen LogP contribution in [0.1, 0.15) is 30.8 Å². The highest BCUT2D eigenvalue weighted by molar-refractivity contribution is 7.92. The van der Waals surface area contributed by atoms with Crippen LogP contribution >= 0.6 is 0 Å². The first-order chi connectivity index (χ1) is 18.6. The molecule has 10 heteroatoms. The van der Waals surface area contributed by atoms with E-state index >= 15 is 0 Å². The number of nitrogens with zero attached hydrogens (tertiary/aromatic N) is 4. The molecular formula is C29H37N7O2S. The van der Waals surface area contributed by atoms with Crippen molar-refractivity contribution in [3.63, 3.8) is 0 Å². The predicted molar refractivity (Wildman–Crippen MR) is 159 cm³/mol. The molecule has 0 radical (unpaired) electrons. The third kappa shape index (κ3) is 6.23. The van der Waals surface area contributed by atoms with E-state index in [1.54, 1.807) is 24.3 Å². The molecule has 39 heavy (non-hydrogen) atoms. The lowest BCUT2D eigenvalue weighted by Crippen LogP contribution is -2.38. The quantitative estimate of drug-likeness (QED) is 0.140. The summed E-state index contributed by atoms with van der Waals surface area (Å²) in [6, 6.07) is 19.6. The summed E-state index contributed by atoms with van der Waals surface area (Å²) in [6.45, 7) is 6.74. The molecule has 0 aliphatic heterocycles. The summed E-state index contributed by atoms with van der Waals surface area (Å²) in [4.78, 5) is 7.27. The molecule has 4 rings (SSSR count). The molecule has 0 saturated heterocycles. The molecule has 0 amide bonds. The molecule has 0 aliphatic carbocycles. The monoisotopic (exact) mass is 547 g/mol. The number of aromatic nitrogens is 2. The third-order valence-corrected chi connectivity index (χ3v) is 8.97. The lowest BCUT2D eigenvalue weighted by atomic mass is 10.1. The van der Waals surface area contributed by atoms with Gasteiger partial charge in [-0.25, -0.2) is 13.4 Å². The van der Waals surface area contributed by atoms with Gasteiger partial charge < -0.3 is 20.9 Å². The number of anilines is 2. The number of rotatable bonds is 12. The Labute approximate surface area is 230 Å². The fourth-order valence-electron chi connectivity index (χ4n) is 4.65. The Bertz CT molecular complexity index is 1540. The Balaban J connectivity index is 1.64. The zero-order valence-electron chi connectivity index (χ0n) is 22.8. The second-order valence-corrected chi connectivity index (χ2v) is 11.4. The zero-order valence-corrected chi connectivity index (χ0v) is 23.6. The van der Waals surface area contributed by atoms with Crippen LogP contribution in [0.3, 0.4) is 0 Å². The third-order valence-electron chi connectivity index (χ3n) is 7.13. The topological polar surface area (TPSA) is 134 Å². The van der Waals surface area contributed by atoms with Crippen LogP contribution in [0.2, 0.25) is 0 Å². The first-order valence-electron chi connectivity index (χ1n) is 13.1. The maximum absolute atomic E-state index is 13.8. The van der Waals surface area contributed by atoms with Crippen LogP contribution in [-0.2, 0) is 29.9 Å². The van der Waals surface area contributed by atoms with Crippen LogP contribution in [0.25, 0.3) is 11.0 Å². The van der Waals surface area contributed by atoms with Crippen molar-refractivity contribution in [1.82, 2.24) is 14.5 Å². The molecule has 4 aromatic rings. The number of nitrogen functional groups attached to an aromatic ring is 2. The van der Waals surface area contributed by atoms with Crippen molar-refractivity contribution >= 4 is 38.3 Å². The summed E-state index contributed by atoms with van der Waals surface area (Å²) in [5, 5.41) is 7.56. The first kappa shape index (κ1) is 28.1. The zero-order chi connectivity index (χ0) is 28.2. The molecule has 0 saturated carbocycles. The van der Waals surface area contributed by atoms with Gasteiger partial charge in [0.05, 0.1) is 21.6 Å². The lowest BCUT2D eigenvalue weighted by molar-refractivity contribution is 0.313. The van der Waals surface area contributed by atoms with Gasteiger partial charge in [0.15, 0.2) is 0 Å². The molecule has 0 aliphatic rings. The average molecular weight is 548 g/mol. The van der Waals surface area contributed by atoms with Crippen molar-refractivity contribution in [3.8, 4) is 0 Å². The number of likely N-dealkylation sites (N-methyl/N-ethyl adjacent to an activating group) is 1. The molecule has 1 heterocycles. The maximum Gasteiger partial charge on any atom is 0.264 e. The number of nitrogens with one attached hydrogen (secondary N) is 1. The van der Waals surface area contributed by atoms with E-state index in [-0.39, 0.29) is 10.7 Å². The summed E-state index contributed by atoms with van der Waals surface area (Å²) >= 11 is 0. The van der Waals surface area contributed by atoms with Crippen LogP contribution in [0, 0.1) is 5.41 Å². The molecule has 0 fully saturated rings. The lowest BCUT2D eigenvalue weighted by Gasteiger charge is -2.28. The van der Waals surface area contributed by atoms with Crippen molar-refractivity contribution in [1.29, 1.82) is 5.41 Å². The van der Waals surface area contributed by atoms with Gasteiger partial charge in [-0.1, -0.05) is 38.1 Å². The Morgan fingerprint density at radius 3 is 2.23 bits per heavy atom. The molecule has 206 valence electrons. The molecule has 9 nitrogen and oxygen atoms in total. The standard InChI is InChI=1S/C29H37N7O2S/c1-4-35(5-2)18-19-36(39(37,38)25-14-11-23(30)12-15-25)24-13-16-27-26(20-24)33-28(34(27)3)17-8-21-6-9-22(10-7-21)29(31)32/h6-7,9-16,20H,4-5,8,17-19,30H2,1-3H3,(H3,31,32). The van der Waals surface area contributed by atoms with Crippen LogP contribution in [0.5, 0.6) is 0 Å². The highest BCUT2D eigenvalue weighted by Gasteiger charge is 2.26. The molecular weight excluding hydrogens is 510 g/mol. The Morgan fingerprint density at radius 2 is 1.62 bits per heavy atom. The van der Waals surface area contributed by atoms with E-state index in [0.29, 0.717) is 30.0 Å². The van der Waals surface area contributed by atoms with E-state index in [4.69, 9.17) is 21.9 Å². The average Bonchev–Trinajstić information content (AvgIpc) is 3.24. The Hall–Kier alpha value is -3.89. The van der Waals surface area contributed by atoms with Crippen molar-refractivity contribution < 1.29 is 8.42 Å². The van der Waals surface area contributed by atoms with E-state index in [1.807, 2.05) is 49.5 Å². The van der Waals surface area contributed by atoms with Crippen LogP contribution in [0.4, 0.5) is 11.4 Å². The largest absolute Gasteiger partial charge is 0.399 e. The van der Waals surface area contributed by atoms with Gasteiger partial charge in [-0.15, -0.1) is 0 Å². The van der Waals surface area contributed by atoms with Gasteiger partial charge in [0.2, 0.25) is 0 Å². The maximum atomic E-state index is 13.8. The number of hydrogen-bond acceptors (Lipinski definition) is 6. The molecule has 5 N–H and O–H groups in total. The molecule has 0 spiro atoms. The van der Waals surface area contributed by atoms with E-state index in [0.717, 1.165) is 48.4 Å². The van der Waals surface area contributed by atoms with E-state index in [1.165, 1.54) is 4.31 Å². The van der Waals surface area contributed by atoms with Crippen LogP contribution < -0.4 is 15.8 Å². The molecule has 0 unspecified atom stereocenters. The van der Waals surface area contributed by atoms with E-state index in [9.17, 15) is 8.42 Å². The van der Waals surface area contributed by atoms with Crippen molar-refractivity contribution in [3.05, 3.63) is 83.7 Å². The van der Waals surface area contributed by atoms with Gasteiger partial charge in [-0.05, 0) is 67.5 Å². The van der Waals surface area contributed by atoms with Gasteiger partial charge in [-0.3, -0.25) is 9.71 Å². The minimum Gasteiger partial charge on any atom is -0.399 e. The van der Waals surface area contributed by atoms with Crippen molar-refractivity contribution in [2.24, 2.45) is 12.8 Å². The van der Waals surface area contributed by atoms with Gasteiger partial charge >= 0.3 is 0 Å². The van der Waals surface area contributed by atoms with Crippen molar-refractivity contribution in [2.45, 2.75) is 31.6 Å². The van der Waals surface area contributed by atoms with Gasteiger partial charge in [0.1, 0.15) is 11.7 Å². The SMILES string of the molecule is CCN(CC)CCN(c1ccc2c(c1)nc(CCc1ccc(C(=N)N)cc1)n2C)S(=O)(=O)c1ccc(N)cc1. The highest BCUT2D eigenvalue weighted by Crippen LogP contribution is 2.28. The fraction of sp³-hybridized carbons (Fsp3) is 0.310. The number of imidazole rings is 1. The summed E-state index contributed by atoms with van der Waals surface area (Å²) in [5.41, 5.74) is 16.0. The van der Waals surface area contributed by atoms with E-state index in [2.05, 4.69) is 23.3 Å². The normalized spacial score (nSPS) is 11.8. The van der Waals surface area contributed by atoms with Gasteiger partial charge in [0, 0.05) is 37.8 Å². The van der Waals surface area contributed by atoms with Gasteiger partial charge in [-0.2, -0.15) is 0 Å². The summed E-state index contributed by atoms with van der Waals surface area (Å²) < 4.78 is 31.1. The fourth-order valence-corrected chi connectivity index (χ4v) is 6.10. The summed E-state index contributed by atoms with van der Waals surface area (Å²) in [5.74, 6) is 0.964. The first-order valence-corrected chi connectivity index (χ1v) is 14.6. The minimum absolute atomic E-state index is 0.0530. The molecule has 0 bridgehead atoms. The number of aryl methyl sites for hydroxylation is 3. The van der Waals surface area contributed by atoms with Crippen LogP contribution in [0.15, 0.2) is 71.6 Å². The number of amidine groups is 1.